The van der Waals surface area contributed by atoms with Gasteiger partial charge in [-0.3, -0.25) is 9.59 Å². The first-order valence-electron chi connectivity index (χ1n) is 10.0. The van der Waals surface area contributed by atoms with Crippen molar-refractivity contribution < 1.29 is 9.59 Å². The Morgan fingerprint density at radius 3 is 2.29 bits per heavy atom. The molecule has 0 radical (unpaired) electrons. The number of nitrogens with one attached hydrogen (secondary N) is 1. The Labute approximate surface area is 169 Å². The van der Waals surface area contributed by atoms with Gasteiger partial charge in [0.25, 0.3) is 0 Å². The molecule has 0 aliphatic rings. The van der Waals surface area contributed by atoms with Gasteiger partial charge in [-0.15, -0.1) is 0 Å². The van der Waals surface area contributed by atoms with Crippen LogP contribution in [0, 0.1) is 20.8 Å². The lowest BCUT2D eigenvalue weighted by Gasteiger charge is -2.31. The van der Waals surface area contributed by atoms with E-state index in [-0.39, 0.29) is 11.8 Å². The normalized spacial score (nSPS) is 11.8. The summed E-state index contributed by atoms with van der Waals surface area (Å²) in [4.78, 5) is 27.7. The minimum atomic E-state index is -0.474. The number of amides is 2. The van der Waals surface area contributed by atoms with E-state index in [1.165, 1.54) is 11.1 Å². The third-order valence-electron chi connectivity index (χ3n) is 5.27. The van der Waals surface area contributed by atoms with Gasteiger partial charge in [0.15, 0.2) is 0 Å². The van der Waals surface area contributed by atoms with E-state index in [2.05, 4.69) is 25.2 Å². The SMILES string of the molecule is CCNC(=O)[C@H](CC)N(Cc1ccccc1C)C(=O)Cc1ccc(C)c(C)c1. The van der Waals surface area contributed by atoms with Crippen molar-refractivity contribution in [3.05, 3.63) is 70.3 Å². The summed E-state index contributed by atoms with van der Waals surface area (Å²) in [6.45, 7) is 11.0. The summed E-state index contributed by atoms with van der Waals surface area (Å²) in [6.07, 6.45) is 0.874. The molecule has 2 aromatic rings. The Bertz CT molecular complexity index is 829. The summed E-state index contributed by atoms with van der Waals surface area (Å²) in [5.74, 6) is -0.114. The third kappa shape index (κ3) is 5.44. The molecule has 0 spiro atoms. The Morgan fingerprint density at radius 1 is 0.964 bits per heavy atom. The van der Waals surface area contributed by atoms with Crippen molar-refractivity contribution in [2.24, 2.45) is 0 Å². The molecule has 0 aliphatic heterocycles. The highest BCUT2D eigenvalue weighted by molar-refractivity contribution is 5.88. The van der Waals surface area contributed by atoms with E-state index in [0.29, 0.717) is 25.9 Å². The van der Waals surface area contributed by atoms with E-state index < -0.39 is 6.04 Å². The second-order valence-electron chi connectivity index (χ2n) is 7.36. The first-order valence-corrected chi connectivity index (χ1v) is 10.0. The van der Waals surface area contributed by atoms with E-state index >= 15 is 0 Å². The predicted molar refractivity (Wildman–Crippen MR) is 114 cm³/mol. The molecule has 2 aromatic carbocycles. The smallest absolute Gasteiger partial charge is 0.242 e. The van der Waals surface area contributed by atoms with Crippen molar-refractivity contribution in [3.8, 4) is 0 Å². The van der Waals surface area contributed by atoms with Crippen molar-refractivity contribution >= 4 is 11.8 Å². The molecule has 0 aromatic heterocycles. The fraction of sp³-hybridized carbons (Fsp3) is 0.417. The van der Waals surface area contributed by atoms with Crippen LogP contribution >= 0.6 is 0 Å². The predicted octanol–water partition coefficient (Wildman–Crippen LogP) is 4.10. The molecule has 0 bridgehead atoms. The lowest BCUT2D eigenvalue weighted by atomic mass is 10.0. The Balaban J connectivity index is 2.32. The van der Waals surface area contributed by atoms with Crippen LogP contribution in [0.1, 0.15) is 48.1 Å². The van der Waals surface area contributed by atoms with Crippen molar-refractivity contribution in [1.29, 1.82) is 0 Å². The summed E-state index contributed by atoms with van der Waals surface area (Å²) in [5.41, 5.74) is 5.55. The van der Waals surface area contributed by atoms with Crippen LogP contribution in [0.25, 0.3) is 0 Å². The molecule has 2 rings (SSSR count). The second kappa shape index (κ2) is 10.1. The maximum absolute atomic E-state index is 13.3. The molecule has 0 aliphatic carbocycles. The maximum Gasteiger partial charge on any atom is 0.242 e. The lowest BCUT2D eigenvalue weighted by Crippen LogP contribution is -2.49. The molecule has 1 atom stereocenters. The lowest BCUT2D eigenvalue weighted by molar-refractivity contribution is -0.140. The molecular weight excluding hydrogens is 348 g/mol. The molecule has 0 unspecified atom stereocenters. The fourth-order valence-corrected chi connectivity index (χ4v) is 3.37. The fourth-order valence-electron chi connectivity index (χ4n) is 3.37. The van der Waals surface area contributed by atoms with Gasteiger partial charge >= 0.3 is 0 Å². The van der Waals surface area contributed by atoms with Gasteiger partial charge in [0, 0.05) is 13.1 Å². The highest BCUT2D eigenvalue weighted by Gasteiger charge is 2.28. The van der Waals surface area contributed by atoms with E-state index in [4.69, 9.17) is 0 Å². The van der Waals surface area contributed by atoms with Gasteiger partial charge < -0.3 is 10.2 Å². The van der Waals surface area contributed by atoms with Gasteiger partial charge in [-0.2, -0.15) is 0 Å². The summed E-state index contributed by atoms with van der Waals surface area (Å²) in [5, 5.41) is 2.88. The number of benzene rings is 2. The standard InChI is InChI=1S/C24H32N2O2/c1-6-22(24(28)25-7-2)26(16-21-11-9-8-10-18(21)4)23(27)15-20-13-12-17(3)19(5)14-20/h8-14,22H,6-7,15-16H2,1-5H3,(H,25,28)/t22-/m0/s1. The second-order valence-corrected chi connectivity index (χ2v) is 7.36. The van der Waals surface area contributed by atoms with Gasteiger partial charge in [0.2, 0.25) is 11.8 Å². The number of aryl methyl sites for hydroxylation is 3. The molecule has 0 saturated carbocycles. The first-order chi connectivity index (χ1) is 13.4. The van der Waals surface area contributed by atoms with Gasteiger partial charge in [-0.1, -0.05) is 49.4 Å². The van der Waals surface area contributed by atoms with Crippen LogP contribution in [0.3, 0.4) is 0 Å². The molecule has 4 heteroatoms. The number of carbonyl (C=O) groups is 2. The summed E-state index contributed by atoms with van der Waals surface area (Å²) >= 11 is 0. The molecule has 4 nitrogen and oxygen atoms in total. The zero-order chi connectivity index (χ0) is 20.7. The van der Waals surface area contributed by atoms with Gasteiger partial charge in [0.1, 0.15) is 6.04 Å². The summed E-state index contributed by atoms with van der Waals surface area (Å²) in [7, 11) is 0. The monoisotopic (exact) mass is 380 g/mol. The topological polar surface area (TPSA) is 49.4 Å². The molecule has 0 saturated heterocycles. The number of hydrogen-bond acceptors (Lipinski definition) is 2. The molecule has 150 valence electrons. The minimum Gasteiger partial charge on any atom is -0.355 e. The molecule has 0 heterocycles. The number of likely N-dealkylation sites (N-methyl/N-ethyl adjacent to an activating group) is 1. The van der Waals surface area contributed by atoms with Gasteiger partial charge in [0.05, 0.1) is 6.42 Å². The van der Waals surface area contributed by atoms with Crippen LogP contribution in [0.5, 0.6) is 0 Å². The van der Waals surface area contributed by atoms with Crippen molar-refractivity contribution in [1.82, 2.24) is 10.2 Å². The Morgan fingerprint density at radius 2 is 1.68 bits per heavy atom. The molecule has 28 heavy (non-hydrogen) atoms. The average Bonchev–Trinajstić information content (AvgIpc) is 2.66. The van der Waals surface area contributed by atoms with Crippen LogP contribution in [0.15, 0.2) is 42.5 Å². The number of nitrogens with zero attached hydrogens (tertiary/aromatic N) is 1. The molecule has 2 amide bonds. The van der Waals surface area contributed by atoms with Crippen LogP contribution in [0.2, 0.25) is 0 Å². The number of rotatable bonds is 8. The zero-order valence-electron chi connectivity index (χ0n) is 17.7. The molecule has 0 fully saturated rings. The van der Waals surface area contributed by atoms with Crippen LogP contribution in [-0.4, -0.2) is 29.3 Å². The maximum atomic E-state index is 13.3. The van der Waals surface area contributed by atoms with Gasteiger partial charge in [-0.05, 0) is 61.9 Å². The molecular formula is C24H32N2O2. The van der Waals surface area contributed by atoms with Gasteiger partial charge in [-0.25, -0.2) is 0 Å². The highest BCUT2D eigenvalue weighted by atomic mass is 16.2. The van der Waals surface area contributed by atoms with E-state index in [0.717, 1.165) is 16.7 Å². The van der Waals surface area contributed by atoms with E-state index in [1.807, 2.05) is 57.2 Å². The van der Waals surface area contributed by atoms with Crippen molar-refractivity contribution in [3.63, 3.8) is 0 Å². The van der Waals surface area contributed by atoms with Crippen molar-refractivity contribution in [2.45, 2.75) is 60.0 Å². The third-order valence-corrected chi connectivity index (χ3v) is 5.27. The molecule has 1 N–H and O–H groups in total. The van der Waals surface area contributed by atoms with Crippen LogP contribution < -0.4 is 5.32 Å². The van der Waals surface area contributed by atoms with E-state index in [9.17, 15) is 9.59 Å². The Hall–Kier alpha value is -2.62. The zero-order valence-corrected chi connectivity index (χ0v) is 17.7. The highest BCUT2D eigenvalue weighted by Crippen LogP contribution is 2.18. The average molecular weight is 381 g/mol. The summed E-state index contributed by atoms with van der Waals surface area (Å²) < 4.78 is 0. The quantitative estimate of drug-likeness (QED) is 0.750. The van der Waals surface area contributed by atoms with Crippen LogP contribution in [-0.2, 0) is 22.6 Å². The minimum absolute atomic E-state index is 0.0235. The first kappa shape index (κ1) is 21.7. The van der Waals surface area contributed by atoms with Crippen molar-refractivity contribution in [2.75, 3.05) is 6.54 Å². The Kier molecular flexibility index (Phi) is 7.80. The summed E-state index contributed by atoms with van der Waals surface area (Å²) in [6, 6.07) is 13.7. The van der Waals surface area contributed by atoms with Crippen LogP contribution in [0.4, 0.5) is 0 Å². The van der Waals surface area contributed by atoms with E-state index in [1.54, 1.807) is 4.90 Å². The number of carbonyl (C=O) groups excluding carboxylic acids is 2. The largest absolute Gasteiger partial charge is 0.355 e. The number of hydrogen-bond donors (Lipinski definition) is 1.